The van der Waals surface area contributed by atoms with Crippen LogP contribution < -0.4 is 15.5 Å². The minimum atomic E-state index is -0.958. The van der Waals surface area contributed by atoms with Crippen LogP contribution in [0.25, 0.3) is 0 Å². The van der Waals surface area contributed by atoms with Crippen molar-refractivity contribution in [2.75, 3.05) is 50.5 Å². The number of amidine groups is 1. The highest BCUT2D eigenvalue weighted by atomic mass is 32.2. The molecule has 1 aromatic carbocycles. The van der Waals surface area contributed by atoms with E-state index in [0.717, 1.165) is 31.0 Å². The maximum Gasteiger partial charge on any atom is 0.224 e. The molecule has 32 heavy (non-hydrogen) atoms. The Hall–Kier alpha value is -1.81. The molecule has 2 heterocycles. The van der Waals surface area contributed by atoms with Crippen LogP contribution in [-0.4, -0.2) is 90.0 Å². The summed E-state index contributed by atoms with van der Waals surface area (Å²) < 4.78 is 0. The molecule has 0 spiro atoms. The predicted octanol–water partition coefficient (Wildman–Crippen LogP) is 1.35. The van der Waals surface area contributed by atoms with Crippen molar-refractivity contribution in [3.05, 3.63) is 24.3 Å². The second-order valence-electron chi connectivity index (χ2n) is 9.17. The van der Waals surface area contributed by atoms with Crippen molar-refractivity contribution in [2.24, 2.45) is 10.9 Å². The van der Waals surface area contributed by atoms with Crippen LogP contribution in [-0.2, 0) is 4.79 Å². The van der Waals surface area contributed by atoms with E-state index in [9.17, 15) is 15.0 Å². The van der Waals surface area contributed by atoms with Crippen LogP contribution in [0.15, 0.2) is 29.3 Å². The second kappa shape index (κ2) is 10.4. The van der Waals surface area contributed by atoms with Gasteiger partial charge in [0.25, 0.3) is 0 Å². The number of carbonyl (C=O) groups excluding carboxylic acids is 1. The molecule has 1 aliphatic carbocycles. The van der Waals surface area contributed by atoms with Gasteiger partial charge in [-0.25, -0.2) is 0 Å². The first-order valence-corrected chi connectivity index (χ1v) is 12.5. The lowest BCUT2D eigenvalue weighted by molar-refractivity contribution is -0.129. The standard InChI is InChI=1S/C23H35N5O3S/c1-27(2)16-8-6-15(7-9-16)25-23-26-19-20(30)18(29)14-17(21(19)32-23)22(31)24-10-13-28-11-4-3-5-12-28/h6-9,17-21,29-30H,3-5,10-14H2,1-2H3,(H,24,31)(H,25,26)/t17-,18+,19-,20-,21+/m0/s1. The zero-order chi connectivity index (χ0) is 22.7. The Morgan fingerprint density at radius 1 is 1.19 bits per heavy atom. The van der Waals surface area contributed by atoms with Crippen LogP contribution in [0.3, 0.4) is 0 Å². The van der Waals surface area contributed by atoms with Gasteiger partial charge < -0.3 is 30.6 Å². The largest absolute Gasteiger partial charge is 0.390 e. The van der Waals surface area contributed by atoms with Gasteiger partial charge in [-0.3, -0.25) is 9.79 Å². The summed E-state index contributed by atoms with van der Waals surface area (Å²) in [4.78, 5) is 22.1. The Balaban J connectivity index is 1.36. The third kappa shape index (κ3) is 5.39. The molecule has 0 unspecified atom stereocenters. The van der Waals surface area contributed by atoms with E-state index in [4.69, 9.17) is 0 Å². The molecule has 8 nitrogen and oxygen atoms in total. The van der Waals surface area contributed by atoms with E-state index in [1.165, 1.54) is 31.0 Å². The number of likely N-dealkylation sites (tertiary alicyclic amines) is 1. The highest BCUT2D eigenvalue weighted by molar-refractivity contribution is 8.15. The normalized spacial score (nSPS) is 30.4. The molecule has 1 amide bonds. The van der Waals surface area contributed by atoms with Gasteiger partial charge >= 0.3 is 0 Å². The maximum atomic E-state index is 13.0. The molecule has 1 aromatic rings. The number of aliphatic hydroxyl groups excluding tert-OH is 2. The van der Waals surface area contributed by atoms with Crippen LogP contribution in [0.2, 0.25) is 0 Å². The first kappa shape index (κ1) is 23.4. The number of thioether (sulfide) groups is 1. The Bertz CT molecular complexity index is 812. The number of piperidine rings is 1. The van der Waals surface area contributed by atoms with Crippen molar-refractivity contribution >= 4 is 34.2 Å². The molecule has 4 N–H and O–H groups in total. The maximum absolute atomic E-state index is 13.0. The number of hydrogen-bond donors (Lipinski definition) is 4. The number of aliphatic imine (C=N–C) groups is 1. The molecule has 1 saturated heterocycles. The molecule has 4 rings (SSSR count). The van der Waals surface area contributed by atoms with Gasteiger partial charge in [-0.15, -0.1) is 0 Å². The first-order chi connectivity index (χ1) is 15.4. The minimum absolute atomic E-state index is 0.0535. The topological polar surface area (TPSA) is 100 Å². The zero-order valence-electron chi connectivity index (χ0n) is 18.9. The van der Waals surface area contributed by atoms with Gasteiger partial charge in [0.05, 0.1) is 18.1 Å². The van der Waals surface area contributed by atoms with Gasteiger partial charge in [0.2, 0.25) is 5.91 Å². The molecule has 3 aliphatic rings. The Labute approximate surface area is 194 Å². The fourth-order valence-corrected chi connectivity index (χ4v) is 6.10. The molecule has 5 atom stereocenters. The van der Waals surface area contributed by atoms with Crippen molar-refractivity contribution in [1.29, 1.82) is 0 Å². The van der Waals surface area contributed by atoms with E-state index in [1.54, 1.807) is 0 Å². The van der Waals surface area contributed by atoms with E-state index in [2.05, 4.69) is 20.5 Å². The Kier molecular flexibility index (Phi) is 7.60. The molecule has 0 radical (unpaired) electrons. The number of nitrogens with one attached hydrogen (secondary N) is 2. The Morgan fingerprint density at radius 3 is 2.59 bits per heavy atom. The number of benzene rings is 1. The molecule has 0 aromatic heterocycles. The van der Waals surface area contributed by atoms with E-state index >= 15 is 0 Å². The molecule has 176 valence electrons. The number of carbonyl (C=O) groups is 1. The number of amides is 1. The molecule has 1 saturated carbocycles. The highest BCUT2D eigenvalue weighted by Gasteiger charge is 2.50. The molecule has 2 aliphatic heterocycles. The van der Waals surface area contributed by atoms with Crippen LogP contribution >= 0.6 is 11.8 Å². The van der Waals surface area contributed by atoms with Crippen LogP contribution in [0, 0.1) is 5.92 Å². The quantitative estimate of drug-likeness (QED) is 0.507. The number of hydrogen-bond acceptors (Lipinski definition) is 8. The lowest BCUT2D eigenvalue weighted by Gasteiger charge is -2.37. The summed E-state index contributed by atoms with van der Waals surface area (Å²) in [5.41, 5.74) is 2.00. The van der Waals surface area contributed by atoms with Crippen LogP contribution in [0.1, 0.15) is 25.7 Å². The smallest absolute Gasteiger partial charge is 0.224 e. The fourth-order valence-electron chi connectivity index (χ4n) is 4.73. The number of rotatable bonds is 6. The first-order valence-electron chi connectivity index (χ1n) is 11.6. The lowest BCUT2D eigenvalue weighted by Crippen LogP contribution is -2.54. The third-order valence-corrected chi connectivity index (χ3v) is 7.94. The summed E-state index contributed by atoms with van der Waals surface area (Å²) >= 11 is 1.49. The summed E-state index contributed by atoms with van der Waals surface area (Å²) in [6, 6.07) is 7.51. The number of fused-ring (bicyclic) bond motifs is 1. The lowest BCUT2D eigenvalue weighted by atomic mass is 9.81. The van der Waals surface area contributed by atoms with E-state index in [-0.39, 0.29) is 23.5 Å². The number of anilines is 2. The second-order valence-corrected chi connectivity index (χ2v) is 10.3. The van der Waals surface area contributed by atoms with E-state index < -0.39 is 18.2 Å². The molecular weight excluding hydrogens is 426 g/mol. The summed E-state index contributed by atoms with van der Waals surface area (Å²) in [7, 11) is 3.99. The summed E-state index contributed by atoms with van der Waals surface area (Å²) in [5, 5.41) is 27.8. The predicted molar refractivity (Wildman–Crippen MR) is 130 cm³/mol. The Morgan fingerprint density at radius 2 is 1.91 bits per heavy atom. The SMILES string of the molecule is CN(C)c1ccc(NC2=N[C@H]3[C@@H](O)[C@H](O)C[C@H](C(=O)NCCN4CCCCC4)[C@H]3S2)cc1. The molecular formula is C23H35N5O3S. The average molecular weight is 462 g/mol. The summed E-state index contributed by atoms with van der Waals surface area (Å²) in [5.74, 6) is -0.439. The van der Waals surface area contributed by atoms with Gasteiger partial charge in [-0.05, 0) is 56.6 Å². The van der Waals surface area contributed by atoms with Crippen molar-refractivity contribution < 1.29 is 15.0 Å². The highest BCUT2D eigenvalue weighted by Crippen LogP contribution is 2.41. The average Bonchev–Trinajstić information content (AvgIpc) is 3.21. The van der Waals surface area contributed by atoms with E-state index in [0.29, 0.717) is 11.7 Å². The van der Waals surface area contributed by atoms with E-state index in [1.807, 2.05) is 43.3 Å². The summed E-state index contributed by atoms with van der Waals surface area (Å²) in [6.45, 7) is 3.67. The van der Waals surface area contributed by atoms with Crippen molar-refractivity contribution in [2.45, 2.75) is 49.2 Å². The van der Waals surface area contributed by atoms with Crippen molar-refractivity contribution in [3.63, 3.8) is 0 Å². The molecule has 0 bridgehead atoms. The van der Waals surface area contributed by atoms with Crippen LogP contribution in [0.5, 0.6) is 0 Å². The van der Waals surface area contributed by atoms with Gasteiger partial charge in [0, 0.05) is 43.8 Å². The minimum Gasteiger partial charge on any atom is -0.390 e. The zero-order valence-corrected chi connectivity index (χ0v) is 19.7. The van der Waals surface area contributed by atoms with Crippen molar-refractivity contribution in [1.82, 2.24) is 10.2 Å². The van der Waals surface area contributed by atoms with Crippen molar-refractivity contribution in [3.8, 4) is 0 Å². The molecule has 9 heteroatoms. The van der Waals surface area contributed by atoms with Crippen LogP contribution in [0.4, 0.5) is 11.4 Å². The van der Waals surface area contributed by atoms with Gasteiger partial charge in [0.15, 0.2) is 5.17 Å². The fraction of sp³-hybridized carbons (Fsp3) is 0.652. The number of nitrogens with zero attached hydrogens (tertiary/aromatic N) is 3. The monoisotopic (exact) mass is 461 g/mol. The summed E-state index contributed by atoms with van der Waals surface area (Å²) in [6.07, 6.45) is 2.10. The van der Waals surface area contributed by atoms with Gasteiger partial charge in [0.1, 0.15) is 6.10 Å². The van der Waals surface area contributed by atoms with Gasteiger partial charge in [-0.1, -0.05) is 18.2 Å². The third-order valence-electron chi connectivity index (χ3n) is 6.63. The number of aliphatic hydroxyl groups is 2. The molecule has 2 fully saturated rings. The van der Waals surface area contributed by atoms with Gasteiger partial charge in [-0.2, -0.15) is 0 Å².